The lowest BCUT2D eigenvalue weighted by Crippen LogP contribution is -2.20. The number of thiophene rings is 1. The molecule has 0 atom stereocenters. The van der Waals surface area contributed by atoms with E-state index in [1.807, 2.05) is 73.8 Å². The van der Waals surface area contributed by atoms with Crippen LogP contribution in [0.2, 0.25) is 0 Å². The number of aryl methyl sites for hydroxylation is 2. The second-order valence-electron chi connectivity index (χ2n) is 5.63. The zero-order valence-electron chi connectivity index (χ0n) is 13.7. The summed E-state index contributed by atoms with van der Waals surface area (Å²) in [6.45, 7) is 3.96. The molecule has 1 heterocycles. The number of hydrogen-bond donors (Lipinski definition) is 1. The van der Waals surface area contributed by atoms with Gasteiger partial charge in [-0.3, -0.25) is 4.79 Å². The Labute approximate surface area is 145 Å². The Hall–Kier alpha value is -2.59. The summed E-state index contributed by atoms with van der Waals surface area (Å²) in [5, 5.41) is 4.97. The molecule has 0 saturated heterocycles. The van der Waals surface area contributed by atoms with Gasteiger partial charge in [-0.1, -0.05) is 36.4 Å². The van der Waals surface area contributed by atoms with Gasteiger partial charge in [-0.15, -0.1) is 11.3 Å². The number of anilines is 1. The van der Waals surface area contributed by atoms with Crippen molar-refractivity contribution < 1.29 is 9.53 Å². The summed E-state index contributed by atoms with van der Waals surface area (Å²) in [6.07, 6.45) is 0. The molecule has 1 amide bonds. The first kappa shape index (κ1) is 16.3. The molecule has 0 unspecified atom stereocenters. The highest BCUT2D eigenvalue weighted by molar-refractivity contribution is 7.13. The molecule has 3 rings (SSSR count). The van der Waals surface area contributed by atoms with Gasteiger partial charge in [0.1, 0.15) is 5.75 Å². The fourth-order valence-electron chi connectivity index (χ4n) is 2.43. The van der Waals surface area contributed by atoms with Gasteiger partial charge in [-0.05, 0) is 48.6 Å². The smallest absolute Gasteiger partial charge is 0.262 e. The second-order valence-corrected chi connectivity index (χ2v) is 6.58. The molecule has 0 fully saturated rings. The molecule has 0 bridgehead atoms. The largest absolute Gasteiger partial charge is 0.483 e. The van der Waals surface area contributed by atoms with E-state index in [2.05, 4.69) is 5.32 Å². The molecule has 1 N–H and O–H groups in total. The summed E-state index contributed by atoms with van der Waals surface area (Å²) >= 11 is 1.65. The van der Waals surface area contributed by atoms with Crippen molar-refractivity contribution >= 4 is 22.9 Å². The number of amides is 1. The molecule has 0 aliphatic rings. The molecule has 3 nitrogen and oxygen atoms in total. The monoisotopic (exact) mass is 337 g/mol. The number of nitrogens with one attached hydrogen (secondary N) is 1. The summed E-state index contributed by atoms with van der Waals surface area (Å²) < 4.78 is 5.67. The third-order valence-corrected chi connectivity index (χ3v) is 4.59. The van der Waals surface area contributed by atoms with Gasteiger partial charge in [0.25, 0.3) is 5.91 Å². The van der Waals surface area contributed by atoms with Crippen molar-refractivity contribution in [1.82, 2.24) is 0 Å². The Kier molecular flexibility index (Phi) is 4.96. The Morgan fingerprint density at radius 1 is 1.08 bits per heavy atom. The predicted octanol–water partition coefficient (Wildman–Crippen LogP) is 5.05. The number of ether oxygens (including phenoxy) is 1. The van der Waals surface area contributed by atoms with E-state index in [-0.39, 0.29) is 12.5 Å². The number of rotatable bonds is 5. The van der Waals surface area contributed by atoms with E-state index in [1.165, 1.54) is 0 Å². The molecule has 122 valence electrons. The van der Waals surface area contributed by atoms with Crippen molar-refractivity contribution in [2.24, 2.45) is 0 Å². The average molecular weight is 337 g/mol. The van der Waals surface area contributed by atoms with Gasteiger partial charge in [0, 0.05) is 16.1 Å². The molecule has 3 aromatic rings. The summed E-state index contributed by atoms with van der Waals surface area (Å²) in [4.78, 5) is 13.4. The fraction of sp³-hybridized carbons (Fsp3) is 0.150. The first-order valence-electron chi connectivity index (χ1n) is 7.76. The third kappa shape index (κ3) is 3.84. The van der Waals surface area contributed by atoms with E-state index >= 15 is 0 Å². The molecule has 0 radical (unpaired) electrons. The van der Waals surface area contributed by atoms with Gasteiger partial charge >= 0.3 is 0 Å². The van der Waals surface area contributed by atoms with Crippen LogP contribution in [0.25, 0.3) is 10.4 Å². The van der Waals surface area contributed by atoms with Crippen LogP contribution in [0.5, 0.6) is 5.75 Å². The predicted molar refractivity (Wildman–Crippen MR) is 99.8 cm³/mol. The maximum Gasteiger partial charge on any atom is 0.262 e. The van der Waals surface area contributed by atoms with E-state index in [1.54, 1.807) is 11.3 Å². The molecule has 4 heteroatoms. The Balaban J connectivity index is 1.69. The minimum Gasteiger partial charge on any atom is -0.483 e. The van der Waals surface area contributed by atoms with Crippen LogP contribution in [-0.4, -0.2) is 12.5 Å². The zero-order valence-corrected chi connectivity index (χ0v) is 14.5. The highest BCUT2D eigenvalue weighted by Gasteiger charge is 2.10. The molecule has 0 spiro atoms. The molecule has 24 heavy (non-hydrogen) atoms. The van der Waals surface area contributed by atoms with Crippen LogP contribution < -0.4 is 10.1 Å². The number of benzene rings is 2. The van der Waals surface area contributed by atoms with Gasteiger partial charge in [-0.25, -0.2) is 0 Å². The molecule has 0 aliphatic carbocycles. The minimum atomic E-state index is -0.167. The summed E-state index contributed by atoms with van der Waals surface area (Å²) in [6, 6.07) is 17.8. The van der Waals surface area contributed by atoms with E-state index in [4.69, 9.17) is 4.74 Å². The minimum absolute atomic E-state index is 0.0108. The lowest BCUT2D eigenvalue weighted by molar-refractivity contribution is -0.118. The topological polar surface area (TPSA) is 38.3 Å². The van der Waals surface area contributed by atoms with Crippen molar-refractivity contribution in [2.75, 3.05) is 11.9 Å². The van der Waals surface area contributed by atoms with Gasteiger partial charge in [-0.2, -0.15) is 0 Å². The zero-order chi connectivity index (χ0) is 16.9. The summed E-state index contributed by atoms with van der Waals surface area (Å²) in [7, 11) is 0. The number of carbonyl (C=O) groups is 1. The van der Waals surface area contributed by atoms with Crippen LogP contribution in [0.3, 0.4) is 0 Å². The highest BCUT2D eigenvalue weighted by atomic mass is 32.1. The summed E-state index contributed by atoms with van der Waals surface area (Å²) in [5.74, 6) is 0.580. The molecular weight excluding hydrogens is 318 g/mol. The van der Waals surface area contributed by atoms with Crippen molar-refractivity contribution in [2.45, 2.75) is 13.8 Å². The van der Waals surface area contributed by atoms with Crippen molar-refractivity contribution in [3.8, 4) is 16.2 Å². The Morgan fingerprint density at radius 2 is 1.92 bits per heavy atom. The van der Waals surface area contributed by atoms with Gasteiger partial charge in [0.2, 0.25) is 0 Å². The SMILES string of the molecule is Cc1ccc(C)c(OCC(=O)Nc2ccccc2-c2cccs2)c1. The van der Waals surface area contributed by atoms with Gasteiger partial charge < -0.3 is 10.1 Å². The van der Waals surface area contributed by atoms with Gasteiger partial charge in [0.05, 0.1) is 0 Å². The maximum atomic E-state index is 12.3. The lowest BCUT2D eigenvalue weighted by Gasteiger charge is -2.12. The van der Waals surface area contributed by atoms with Crippen molar-refractivity contribution in [3.63, 3.8) is 0 Å². The van der Waals surface area contributed by atoms with Crippen LogP contribution in [0, 0.1) is 13.8 Å². The fourth-order valence-corrected chi connectivity index (χ4v) is 3.20. The molecule has 2 aromatic carbocycles. The van der Waals surface area contributed by atoms with E-state index in [0.29, 0.717) is 0 Å². The average Bonchev–Trinajstić information content (AvgIpc) is 3.10. The third-order valence-electron chi connectivity index (χ3n) is 3.69. The normalized spacial score (nSPS) is 10.4. The van der Waals surface area contributed by atoms with E-state index < -0.39 is 0 Å². The van der Waals surface area contributed by atoms with E-state index in [9.17, 15) is 4.79 Å². The lowest BCUT2D eigenvalue weighted by atomic mass is 10.1. The van der Waals surface area contributed by atoms with Crippen molar-refractivity contribution in [3.05, 3.63) is 71.1 Å². The van der Waals surface area contributed by atoms with Gasteiger partial charge in [0.15, 0.2) is 6.61 Å². The van der Waals surface area contributed by atoms with Crippen LogP contribution in [-0.2, 0) is 4.79 Å². The quantitative estimate of drug-likeness (QED) is 0.707. The van der Waals surface area contributed by atoms with E-state index in [0.717, 1.165) is 33.0 Å². The van der Waals surface area contributed by atoms with Crippen LogP contribution in [0.4, 0.5) is 5.69 Å². The molecule has 1 aromatic heterocycles. The van der Waals surface area contributed by atoms with Crippen molar-refractivity contribution in [1.29, 1.82) is 0 Å². The first-order chi connectivity index (χ1) is 11.6. The second kappa shape index (κ2) is 7.32. The first-order valence-corrected chi connectivity index (χ1v) is 8.64. The summed E-state index contributed by atoms with van der Waals surface area (Å²) in [5.41, 5.74) is 3.95. The van der Waals surface area contributed by atoms with Crippen LogP contribution in [0.15, 0.2) is 60.0 Å². The van der Waals surface area contributed by atoms with Crippen LogP contribution >= 0.6 is 11.3 Å². The maximum absolute atomic E-state index is 12.3. The number of carbonyl (C=O) groups excluding carboxylic acids is 1. The Morgan fingerprint density at radius 3 is 2.71 bits per heavy atom. The molecular formula is C20H19NO2S. The number of para-hydroxylation sites is 1. The standard InChI is InChI=1S/C20H19NO2S/c1-14-9-10-15(2)18(12-14)23-13-20(22)21-17-7-4-3-6-16(17)19-8-5-11-24-19/h3-12H,13H2,1-2H3,(H,21,22). The highest BCUT2D eigenvalue weighted by Crippen LogP contribution is 2.31. The molecule has 0 saturated carbocycles. The van der Waals surface area contributed by atoms with Crippen LogP contribution in [0.1, 0.15) is 11.1 Å². The molecule has 0 aliphatic heterocycles. The number of hydrogen-bond acceptors (Lipinski definition) is 3. The Bertz CT molecular complexity index is 841.